The average molecular weight is 458 g/mol. The topological polar surface area (TPSA) is 157 Å². The molecule has 5 atom stereocenters. The first-order valence-electron chi connectivity index (χ1n) is 10.2. The Balaban J connectivity index is 2.48. The highest BCUT2D eigenvalue weighted by Crippen LogP contribution is 2.43. The van der Waals surface area contributed by atoms with Crippen LogP contribution in [-0.4, -0.2) is 48.0 Å². The average Bonchev–Trinajstić information content (AvgIpc) is 2.96. The van der Waals surface area contributed by atoms with Gasteiger partial charge in [-0.25, -0.2) is 0 Å². The number of ether oxygens (including phenoxy) is 1. The number of hydrogen-bond donors (Lipinski definition) is 2. The van der Waals surface area contributed by atoms with Gasteiger partial charge in [0, 0.05) is 4.91 Å². The van der Waals surface area contributed by atoms with Crippen LogP contribution in [0.3, 0.4) is 0 Å². The highest BCUT2D eigenvalue weighted by atomic mass is 31.2. The standard InChI is InChI=1S/C20H34N3O7P/c1-14(2)7-5-8-15(3)9-6-10-16(4)11-12-28-31(26,27)30-20-18(22-23-21)19(25)17(13-24)29-20/h7,9,11,17-20,24-25H,5-6,8,10,12-13H2,1-4H3,(H,26,27)/p-1/b15-9-,16-11-/t17-,18?,19?,20+/m1/s1. The minimum Gasteiger partial charge on any atom is -0.756 e. The monoisotopic (exact) mass is 458 g/mol. The Morgan fingerprint density at radius 2 is 1.81 bits per heavy atom. The molecule has 1 saturated heterocycles. The molecule has 0 aromatic rings. The molecule has 1 rings (SSSR count). The Bertz CT molecular complexity index is 758. The van der Waals surface area contributed by atoms with Crippen LogP contribution in [0.2, 0.25) is 0 Å². The summed E-state index contributed by atoms with van der Waals surface area (Å²) in [6.07, 6.45) is 5.58. The van der Waals surface area contributed by atoms with E-state index in [1.165, 1.54) is 11.1 Å². The molecule has 0 saturated carbocycles. The van der Waals surface area contributed by atoms with Crippen LogP contribution in [0.4, 0.5) is 0 Å². The number of rotatable bonds is 13. The van der Waals surface area contributed by atoms with Gasteiger partial charge in [0.2, 0.25) is 0 Å². The fraction of sp³-hybridized carbons (Fsp3) is 0.700. The van der Waals surface area contributed by atoms with Gasteiger partial charge in [-0.2, -0.15) is 0 Å². The van der Waals surface area contributed by atoms with Gasteiger partial charge in [0.25, 0.3) is 7.82 Å². The first-order valence-corrected chi connectivity index (χ1v) is 11.6. The third-order valence-corrected chi connectivity index (χ3v) is 5.63. The van der Waals surface area contributed by atoms with E-state index in [9.17, 15) is 14.6 Å². The second-order valence-corrected chi connectivity index (χ2v) is 9.08. The van der Waals surface area contributed by atoms with Gasteiger partial charge >= 0.3 is 0 Å². The van der Waals surface area contributed by atoms with Crippen molar-refractivity contribution in [3.05, 3.63) is 45.4 Å². The van der Waals surface area contributed by atoms with Crippen LogP contribution in [-0.2, 0) is 18.3 Å². The minimum atomic E-state index is -4.80. The van der Waals surface area contributed by atoms with E-state index in [2.05, 4.69) is 42.9 Å². The van der Waals surface area contributed by atoms with E-state index in [1.54, 1.807) is 6.08 Å². The molecule has 0 aromatic carbocycles. The summed E-state index contributed by atoms with van der Waals surface area (Å²) in [6, 6.07) is -1.32. The predicted molar refractivity (Wildman–Crippen MR) is 115 cm³/mol. The number of hydrogen-bond acceptors (Lipinski definition) is 8. The summed E-state index contributed by atoms with van der Waals surface area (Å²) >= 11 is 0. The molecule has 0 aromatic heterocycles. The molecule has 2 N–H and O–H groups in total. The van der Waals surface area contributed by atoms with Crippen LogP contribution in [0.25, 0.3) is 10.4 Å². The van der Waals surface area contributed by atoms with Gasteiger partial charge in [0.05, 0.1) is 19.3 Å². The molecular formula is C20H33N3O7P-. The number of phosphoric acid groups is 1. The van der Waals surface area contributed by atoms with E-state index in [0.717, 1.165) is 31.3 Å². The van der Waals surface area contributed by atoms with Crippen molar-refractivity contribution in [1.82, 2.24) is 0 Å². The van der Waals surface area contributed by atoms with Gasteiger partial charge in [0.15, 0.2) is 6.29 Å². The van der Waals surface area contributed by atoms with Crippen molar-refractivity contribution in [3.63, 3.8) is 0 Å². The molecule has 31 heavy (non-hydrogen) atoms. The summed E-state index contributed by atoms with van der Waals surface area (Å²) in [5, 5.41) is 22.3. The largest absolute Gasteiger partial charge is 0.756 e. The molecule has 10 nitrogen and oxygen atoms in total. The van der Waals surface area contributed by atoms with Gasteiger partial charge in [-0.3, -0.25) is 9.09 Å². The van der Waals surface area contributed by atoms with Crippen molar-refractivity contribution >= 4 is 7.82 Å². The molecule has 11 heteroatoms. The van der Waals surface area contributed by atoms with Crippen LogP contribution in [0.1, 0.15) is 53.4 Å². The normalized spacial score (nSPS) is 26.3. The zero-order valence-corrected chi connectivity index (χ0v) is 19.4. The van der Waals surface area contributed by atoms with Crippen molar-refractivity contribution in [2.45, 2.75) is 77.9 Å². The molecule has 0 spiro atoms. The molecule has 1 aliphatic rings. The number of nitrogens with zero attached hydrogens (tertiary/aromatic N) is 3. The fourth-order valence-corrected chi connectivity index (χ4v) is 3.65. The van der Waals surface area contributed by atoms with Crippen LogP contribution in [0, 0.1) is 0 Å². The number of allylic oxidation sites excluding steroid dienone is 5. The molecule has 1 fully saturated rings. The maximum Gasteiger partial charge on any atom is 0.270 e. The highest BCUT2D eigenvalue weighted by molar-refractivity contribution is 7.45. The summed E-state index contributed by atoms with van der Waals surface area (Å²) in [6.45, 7) is 7.32. The number of aliphatic hydroxyl groups excluding tert-OH is 2. The Morgan fingerprint density at radius 3 is 2.39 bits per heavy atom. The quantitative estimate of drug-likeness (QED) is 0.140. The summed E-state index contributed by atoms with van der Waals surface area (Å²) < 4.78 is 26.8. The molecule has 0 aliphatic carbocycles. The smallest absolute Gasteiger partial charge is 0.270 e. The van der Waals surface area contributed by atoms with Crippen LogP contribution in [0.15, 0.2) is 40.1 Å². The number of azide groups is 1. The summed E-state index contributed by atoms with van der Waals surface area (Å²) in [5.41, 5.74) is 12.2. The second-order valence-electron chi connectivity index (χ2n) is 7.72. The molecule has 1 heterocycles. The van der Waals surface area contributed by atoms with E-state index in [1.807, 2.05) is 6.92 Å². The maximum absolute atomic E-state index is 12.1. The predicted octanol–water partition coefficient (Wildman–Crippen LogP) is 3.66. The Labute approximate surface area is 183 Å². The van der Waals surface area contributed by atoms with Gasteiger partial charge < -0.3 is 24.4 Å². The molecule has 0 radical (unpaired) electrons. The van der Waals surface area contributed by atoms with Crippen LogP contribution in [0.5, 0.6) is 0 Å². The number of aliphatic hydroxyl groups is 2. The van der Waals surface area contributed by atoms with Crippen LogP contribution < -0.4 is 4.89 Å². The van der Waals surface area contributed by atoms with Crippen LogP contribution >= 0.6 is 7.82 Å². The molecule has 176 valence electrons. The van der Waals surface area contributed by atoms with Gasteiger partial charge in [-0.1, -0.05) is 40.1 Å². The van der Waals surface area contributed by atoms with Gasteiger partial charge in [-0.15, -0.1) is 0 Å². The highest BCUT2D eigenvalue weighted by Gasteiger charge is 2.45. The summed E-state index contributed by atoms with van der Waals surface area (Å²) in [4.78, 5) is 14.6. The maximum atomic E-state index is 12.1. The lowest BCUT2D eigenvalue weighted by Crippen LogP contribution is -2.33. The van der Waals surface area contributed by atoms with E-state index < -0.39 is 39.0 Å². The lowest BCUT2D eigenvalue weighted by Gasteiger charge is -2.27. The van der Waals surface area contributed by atoms with Crippen molar-refractivity contribution in [1.29, 1.82) is 0 Å². The first-order chi connectivity index (χ1) is 14.6. The molecule has 0 amide bonds. The van der Waals surface area contributed by atoms with Gasteiger partial charge in [-0.05, 0) is 58.9 Å². The van der Waals surface area contributed by atoms with Crippen molar-refractivity contribution in [2.75, 3.05) is 13.2 Å². The van der Waals surface area contributed by atoms with Crippen molar-refractivity contribution < 1.29 is 33.5 Å². The van der Waals surface area contributed by atoms with E-state index in [-0.39, 0.29) is 6.61 Å². The lowest BCUT2D eigenvalue weighted by molar-refractivity contribution is -0.243. The minimum absolute atomic E-state index is 0.221. The van der Waals surface area contributed by atoms with Crippen molar-refractivity contribution in [2.24, 2.45) is 5.11 Å². The molecule has 3 unspecified atom stereocenters. The van der Waals surface area contributed by atoms with Crippen molar-refractivity contribution in [3.8, 4) is 0 Å². The third kappa shape index (κ3) is 10.6. The zero-order chi connectivity index (χ0) is 23.4. The van der Waals surface area contributed by atoms with Gasteiger partial charge in [0.1, 0.15) is 12.1 Å². The Hall–Kier alpha value is -1.48. The Kier molecular flexibility index (Phi) is 12.3. The summed E-state index contributed by atoms with van der Waals surface area (Å²) in [5.74, 6) is 0. The molecule has 0 bridgehead atoms. The summed E-state index contributed by atoms with van der Waals surface area (Å²) in [7, 11) is -4.80. The Morgan fingerprint density at radius 1 is 1.19 bits per heavy atom. The SMILES string of the molecule is CC(C)=CCC/C(C)=C\CC/C(C)=C\COP(=O)([O-])O[C@@H]1O[C@H](CO)C(O)C1N=[N+]=[N-]. The lowest BCUT2D eigenvalue weighted by atomic mass is 10.1. The third-order valence-electron chi connectivity index (χ3n) is 4.70. The van der Waals surface area contributed by atoms with E-state index in [0.29, 0.717) is 0 Å². The zero-order valence-electron chi connectivity index (χ0n) is 18.5. The van der Waals surface area contributed by atoms with E-state index in [4.69, 9.17) is 24.4 Å². The fourth-order valence-electron chi connectivity index (χ4n) is 2.90. The van der Waals surface area contributed by atoms with E-state index >= 15 is 0 Å². The molecule has 1 aliphatic heterocycles. The molecular weight excluding hydrogens is 425 g/mol. The second kappa shape index (κ2) is 13.8. The number of phosphoric ester groups is 1. The first kappa shape index (κ1) is 27.6.